The molecule has 1 aliphatic rings. The summed E-state index contributed by atoms with van der Waals surface area (Å²) in [6.07, 6.45) is -3.43. The van der Waals surface area contributed by atoms with Crippen molar-refractivity contribution in [1.82, 2.24) is 4.90 Å². The van der Waals surface area contributed by atoms with Crippen LogP contribution in [0.1, 0.15) is 39.5 Å². The molecule has 108 valence electrons. The van der Waals surface area contributed by atoms with Crippen molar-refractivity contribution in [3.63, 3.8) is 0 Å². The largest absolute Gasteiger partial charge is 0.414 e. The van der Waals surface area contributed by atoms with Crippen molar-refractivity contribution in [3.8, 4) is 0 Å². The highest BCUT2D eigenvalue weighted by Gasteiger charge is 2.44. The summed E-state index contributed by atoms with van der Waals surface area (Å²) < 4.78 is 37.1. The summed E-state index contributed by atoms with van der Waals surface area (Å²) in [7, 11) is 0. The minimum Gasteiger partial charge on any atom is -0.383 e. The SMILES string of the molecule is CCCC(C)CN1CCC(C(O)C(F)(F)F)CC1. The lowest BCUT2D eigenvalue weighted by Gasteiger charge is -2.35. The fraction of sp³-hybridized carbons (Fsp3) is 1.00. The maximum Gasteiger partial charge on any atom is 0.414 e. The number of halogens is 3. The second-order valence-corrected chi connectivity index (χ2v) is 5.52. The Bertz CT molecular complexity index is 237. The van der Waals surface area contributed by atoms with Crippen LogP contribution in [-0.4, -0.2) is 41.9 Å². The van der Waals surface area contributed by atoms with Gasteiger partial charge in [0, 0.05) is 6.54 Å². The summed E-state index contributed by atoms with van der Waals surface area (Å²) in [5.74, 6) is -0.0261. The van der Waals surface area contributed by atoms with Gasteiger partial charge in [-0.1, -0.05) is 20.3 Å². The fourth-order valence-corrected chi connectivity index (χ4v) is 2.74. The lowest BCUT2D eigenvalue weighted by atomic mass is 9.90. The van der Waals surface area contributed by atoms with Crippen molar-refractivity contribution in [2.75, 3.05) is 19.6 Å². The molecule has 0 spiro atoms. The minimum atomic E-state index is -4.47. The Morgan fingerprint density at radius 2 is 1.83 bits per heavy atom. The second kappa shape index (κ2) is 6.75. The van der Waals surface area contributed by atoms with Crippen LogP contribution in [0.2, 0.25) is 0 Å². The Kier molecular flexibility index (Phi) is 5.92. The van der Waals surface area contributed by atoms with Crippen LogP contribution in [0.3, 0.4) is 0 Å². The van der Waals surface area contributed by atoms with E-state index in [4.69, 9.17) is 0 Å². The molecule has 1 fully saturated rings. The van der Waals surface area contributed by atoms with Crippen molar-refractivity contribution < 1.29 is 18.3 Å². The molecule has 0 saturated carbocycles. The van der Waals surface area contributed by atoms with E-state index in [9.17, 15) is 18.3 Å². The zero-order chi connectivity index (χ0) is 13.8. The first-order valence-electron chi connectivity index (χ1n) is 6.81. The average molecular weight is 267 g/mol. The highest BCUT2D eigenvalue weighted by atomic mass is 19.4. The number of alkyl halides is 3. The van der Waals surface area contributed by atoms with Crippen LogP contribution in [0.4, 0.5) is 13.2 Å². The van der Waals surface area contributed by atoms with Crippen LogP contribution in [0, 0.1) is 11.8 Å². The van der Waals surface area contributed by atoms with Crippen molar-refractivity contribution in [3.05, 3.63) is 0 Å². The van der Waals surface area contributed by atoms with Crippen LogP contribution >= 0.6 is 0 Å². The first-order valence-corrected chi connectivity index (χ1v) is 6.81. The highest BCUT2D eigenvalue weighted by Crippen LogP contribution is 2.31. The summed E-state index contributed by atoms with van der Waals surface area (Å²) in [6, 6.07) is 0. The maximum atomic E-state index is 12.4. The molecule has 0 radical (unpaired) electrons. The third-order valence-electron chi connectivity index (χ3n) is 3.77. The van der Waals surface area contributed by atoms with Gasteiger partial charge in [-0.05, 0) is 44.2 Å². The predicted octanol–water partition coefficient (Wildman–Crippen LogP) is 3.06. The molecule has 2 atom stereocenters. The number of likely N-dealkylation sites (tertiary alicyclic amines) is 1. The highest BCUT2D eigenvalue weighted by molar-refractivity contribution is 4.81. The normalized spacial score (nSPS) is 23.0. The van der Waals surface area contributed by atoms with Crippen LogP contribution in [-0.2, 0) is 0 Å². The third-order valence-corrected chi connectivity index (χ3v) is 3.77. The van der Waals surface area contributed by atoms with Crippen molar-refractivity contribution >= 4 is 0 Å². The van der Waals surface area contributed by atoms with Gasteiger partial charge in [-0.25, -0.2) is 0 Å². The summed E-state index contributed by atoms with van der Waals surface area (Å²) in [5.41, 5.74) is 0. The third kappa shape index (κ3) is 4.76. The number of aliphatic hydroxyl groups excluding tert-OH is 1. The average Bonchev–Trinajstić information content (AvgIpc) is 2.28. The van der Waals surface area contributed by atoms with Crippen molar-refractivity contribution in [1.29, 1.82) is 0 Å². The molecule has 0 aromatic rings. The predicted molar refractivity (Wildman–Crippen MR) is 65.3 cm³/mol. The summed E-state index contributed by atoms with van der Waals surface area (Å²) in [6.45, 7) is 6.63. The molecule has 1 aliphatic heterocycles. The van der Waals surface area contributed by atoms with Gasteiger partial charge in [0.15, 0.2) is 6.10 Å². The van der Waals surface area contributed by atoms with Crippen LogP contribution in [0.25, 0.3) is 0 Å². The van der Waals surface area contributed by atoms with E-state index >= 15 is 0 Å². The molecule has 0 aromatic carbocycles. The molecular weight excluding hydrogens is 243 g/mol. The van der Waals surface area contributed by atoms with Gasteiger partial charge >= 0.3 is 6.18 Å². The van der Waals surface area contributed by atoms with E-state index in [0.29, 0.717) is 31.8 Å². The Morgan fingerprint density at radius 3 is 2.28 bits per heavy atom. The Balaban J connectivity index is 2.32. The van der Waals surface area contributed by atoms with Gasteiger partial charge in [0.2, 0.25) is 0 Å². The maximum absolute atomic E-state index is 12.4. The molecule has 5 heteroatoms. The second-order valence-electron chi connectivity index (χ2n) is 5.52. The van der Waals surface area contributed by atoms with Crippen LogP contribution in [0.5, 0.6) is 0 Å². The summed E-state index contributed by atoms with van der Waals surface area (Å²) >= 11 is 0. The van der Waals surface area contributed by atoms with Crippen LogP contribution in [0.15, 0.2) is 0 Å². The molecule has 0 bridgehead atoms. The van der Waals surface area contributed by atoms with E-state index in [2.05, 4.69) is 18.7 Å². The molecular formula is C13H24F3NO. The quantitative estimate of drug-likeness (QED) is 0.827. The van der Waals surface area contributed by atoms with Gasteiger partial charge in [0.1, 0.15) is 0 Å². The van der Waals surface area contributed by atoms with E-state index in [1.807, 2.05) is 0 Å². The zero-order valence-corrected chi connectivity index (χ0v) is 11.2. The molecule has 0 amide bonds. The van der Waals surface area contributed by atoms with Crippen molar-refractivity contribution in [2.24, 2.45) is 11.8 Å². The molecule has 1 heterocycles. The standard InChI is InChI=1S/C13H24F3NO/c1-3-4-10(2)9-17-7-5-11(6-8-17)12(18)13(14,15)16/h10-12,18H,3-9H2,1-2H3. The first-order chi connectivity index (χ1) is 8.34. The van der Waals surface area contributed by atoms with E-state index in [-0.39, 0.29) is 0 Å². The Hall–Kier alpha value is -0.290. The number of hydrogen-bond acceptors (Lipinski definition) is 2. The van der Waals surface area contributed by atoms with Gasteiger partial charge in [-0.3, -0.25) is 0 Å². The molecule has 2 nitrogen and oxygen atoms in total. The lowest BCUT2D eigenvalue weighted by Crippen LogP contribution is -2.44. The molecule has 0 aromatic heterocycles. The monoisotopic (exact) mass is 267 g/mol. The fourth-order valence-electron chi connectivity index (χ4n) is 2.74. The van der Waals surface area contributed by atoms with Gasteiger partial charge in [-0.15, -0.1) is 0 Å². The number of aliphatic hydroxyl groups is 1. The van der Waals surface area contributed by atoms with E-state index in [1.165, 1.54) is 0 Å². The lowest BCUT2D eigenvalue weighted by molar-refractivity contribution is -0.223. The summed E-state index contributed by atoms with van der Waals surface area (Å²) in [5, 5.41) is 9.22. The van der Waals surface area contributed by atoms with Gasteiger partial charge in [0.25, 0.3) is 0 Å². The summed E-state index contributed by atoms with van der Waals surface area (Å²) in [4.78, 5) is 2.22. The molecule has 18 heavy (non-hydrogen) atoms. The van der Waals surface area contributed by atoms with Crippen LogP contribution < -0.4 is 0 Å². The molecule has 2 unspecified atom stereocenters. The number of rotatable bonds is 5. The van der Waals surface area contributed by atoms with E-state index in [0.717, 1.165) is 19.4 Å². The zero-order valence-electron chi connectivity index (χ0n) is 11.2. The Morgan fingerprint density at radius 1 is 1.28 bits per heavy atom. The van der Waals surface area contributed by atoms with E-state index < -0.39 is 18.2 Å². The Labute approximate surface area is 107 Å². The number of piperidine rings is 1. The molecule has 1 rings (SSSR count). The van der Waals surface area contributed by atoms with Gasteiger partial charge in [0.05, 0.1) is 0 Å². The molecule has 1 saturated heterocycles. The van der Waals surface area contributed by atoms with Crippen molar-refractivity contribution in [2.45, 2.75) is 51.8 Å². The number of nitrogens with zero attached hydrogens (tertiary/aromatic N) is 1. The smallest absolute Gasteiger partial charge is 0.383 e. The first kappa shape index (κ1) is 15.8. The molecule has 0 aliphatic carbocycles. The van der Waals surface area contributed by atoms with Gasteiger partial charge < -0.3 is 10.0 Å². The topological polar surface area (TPSA) is 23.5 Å². The number of hydrogen-bond donors (Lipinski definition) is 1. The molecule has 1 N–H and O–H groups in total. The van der Waals surface area contributed by atoms with Gasteiger partial charge in [-0.2, -0.15) is 13.2 Å². The minimum absolute atomic E-state index is 0.444. The van der Waals surface area contributed by atoms with E-state index in [1.54, 1.807) is 0 Å².